The maximum Gasteiger partial charge on any atom is 0.416 e. The molecule has 2 atom stereocenters. The number of fused-ring (bicyclic) bond motifs is 1. The molecule has 2 aromatic carbocycles. The zero-order valence-electron chi connectivity index (χ0n) is 18.2. The number of carbonyl (C=O) groups excluding carboxylic acids is 1. The summed E-state index contributed by atoms with van der Waals surface area (Å²) in [5, 5.41) is 2.80. The predicted octanol–water partition coefficient (Wildman–Crippen LogP) is 4.62. The van der Waals surface area contributed by atoms with Crippen LogP contribution in [0.25, 0.3) is 0 Å². The van der Waals surface area contributed by atoms with Gasteiger partial charge in [-0.25, -0.2) is 8.42 Å². The van der Waals surface area contributed by atoms with Gasteiger partial charge in [-0.2, -0.15) is 13.2 Å². The van der Waals surface area contributed by atoms with Crippen LogP contribution >= 0.6 is 0 Å². The smallest absolute Gasteiger partial charge is 0.348 e. The number of alkyl halides is 3. The Morgan fingerprint density at radius 3 is 2.31 bits per heavy atom. The molecule has 0 fully saturated rings. The van der Waals surface area contributed by atoms with Gasteiger partial charge in [-0.1, -0.05) is 24.3 Å². The summed E-state index contributed by atoms with van der Waals surface area (Å²) >= 11 is 0. The van der Waals surface area contributed by atoms with Crippen LogP contribution in [0.4, 0.5) is 18.9 Å². The van der Waals surface area contributed by atoms with Crippen LogP contribution in [-0.4, -0.2) is 26.6 Å². The van der Waals surface area contributed by atoms with Crippen molar-refractivity contribution in [3.05, 3.63) is 64.7 Å². The Labute approximate surface area is 186 Å². The molecule has 0 bridgehead atoms. The van der Waals surface area contributed by atoms with E-state index in [-0.39, 0.29) is 11.7 Å². The van der Waals surface area contributed by atoms with Gasteiger partial charge in [-0.15, -0.1) is 0 Å². The van der Waals surface area contributed by atoms with Crippen LogP contribution in [0.2, 0.25) is 0 Å². The summed E-state index contributed by atoms with van der Waals surface area (Å²) in [5.74, 6) is -0.599. The van der Waals surface area contributed by atoms with Gasteiger partial charge in [0.2, 0.25) is 15.9 Å². The minimum Gasteiger partial charge on any atom is -0.348 e. The molecule has 9 heteroatoms. The SMILES string of the molecule is C[C@@H](NC(=O)[C@H](C)N(c1cccc(C(F)(F)F)c1)S(C)(=O)=O)c1ccc2c(c1)CCCC2. The highest BCUT2D eigenvalue weighted by Gasteiger charge is 2.34. The van der Waals surface area contributed by atoms with Crippen LogP contribution in [-0.2, 0) is 33.8 Å². The van der Waals surface area contributed by atoms with Crippen molar-refractivity contribution in [2.75, 3.05) is 10.6 Å². The molecule has 1 aliphatic carbocycles. The van der Waals surface area contributed by atoms with E-state index in [0.29, 0.717) is 0 Å². The number of rotatable bonds is 6. The Balaban J connectivity index is 1.83. The van der Waals surface area contributed by atoms with Crippen molar-refractivity contribution in [3.63, 3.8) is 0 Å². The summed E-state index contributed by atoms with van der Waals surface area (Å²) in [6.07, 6.45) is 0.530. The zero-order valence-corrected chi connectivity index (χ0v) is 19.1. The van der Waals surface area contributed by atoms with E-state index in [1.54, 1.807) is 6.92 Å². The van der Waals surface area contributed by atoms with Crippen molar-refractivity contribution < 1.29 is 26.4 Å². The first-order valence-corrected chi connectivity index (χ1v) is 12.3. The first-order chi connectivity index (χ1) is 14.9. The predicted molar refractivity (Wildman–Crippen MR) is 118 cm³/mol. The number of hydrogen-bond donors (Lipinski definition) is 1. The van der Waals surface area contributed by atoms with E-state index in [1.165, 1.54) is 24.1 Å². The topological polar surface area (TPSA) is 66.5 Å². The van der Waals surface area contributed by atoms with Gasteiger partial charge in [-0.3, -0.25) is 9.10 Å². The minimum atomic E-state index is -4.63. The van der Waals surface area contributed by atoms with Gasteiger partial charge in [0.25, 0.3) is 0 Å². The molecule has 1 aliphatic rings. The lowest BCUT2D eigenvalue weighted by Crippen LogP contribution is -2.48. The molecule has 0 radical (unpaired) electrons. The third-order valence-electron chi connectivity index (χ3n) is 5.75. The average molecular weight is 469 g/mol. The number of sulfonamides is 1. The Kier molecular flexibility index (Phi) is 6.88. The van der Waals surface area contributed by atoms with Crippen molar-refractivity contribution in [3.8, 4) is 0 Å². The summed E-state index contributed by atoms with van der Waals surface area (Å²) in [6.45, 7) is 3.15. The molecular weight excluding hydrogens is 441 g/mol. The van der Waals surface area contributed by atoms with Crippen LogP contribution in [0.1, 0.15) is 55.0 Å². The monoisotopic (exact) mass is 468 g/mol. The molecule has 1 N–H and O–H groups in total. The minimum absolute atomic E-state index is 0.216. The molecule has 0 saturated carbocycles. The third kappa shape index (κ3) is 5.43. The normalized spacial score (nSPS) is 16.1. The number of nitrogens with one attached hydrogen (secondary N) is 1. The van der Waals surface area contributed by atoms with E-state index in [4.69, 9.17) is 0 Å². The molecule has 1 amide bonds. The fourth-order valence-electron chi connectivity index (χ4n) is 4.07. The number of nitrogens with zero attached hydrogens (tertiary/aromatic N) is 1. The van der Waals surface area contributed by atoms with Crippen LogP contribution in [0.3, 0.4) is 0 Å². The number of benzene rings is 2. The number of amides is 1. The molecule has 0 saturated heterocycles. The highest BCUT2D eigenvalue weighted by molar-refractivity contribution is 7.92. The fourth-order valence-corrected chi connectivity index (χ4v) is 5.23. The third-order valence-corrected chi connectivity index (χ3v) is 6.99. The number of halogens is 3. The van der Waals surface area contributed by atoms with Gasteiger partial charge in [0.1, 0.15) is 6.04 Å². The van der Waals surface area contributed by atoms with E-state index in [2.05, 4.69) is 17.4 Å². The molecule has 5 nitrogen and oxygen atoms in total. The van der Waals surface area contributed by atoms with Crippen molar-refractivity contribution >= 4 is 21.6 Å². The second-order valence-electron chi connectivity index (χ2n) is 8.25. The highest BCUT2D eigenvalue weighted by Crippen LogP contribution is 2.33. The molecule has 0 heterocycles. The van der Waals surface area contributed by atoms with Gasteiger partial charge < -0.3 is 5.32 Å². The summed E-state index contributed by atoms with van der Waals surface area (Å²) in [5.41, 5.74) is 2.26. The summed E-state index contributed by atoms with van der Waals surface area (Å²) in [4.78, 5) is 12.9. The number of anilines is 1. The van der Waals surface area contributed by atoms with Gasteiger partial charge in [0.05, 0.1) is 23.5 Å². The lowest BCUT2D eigenvalue weighted by Gasteiger charge is -2.30. The van der Waals surface area contributed by atoms with Gasteiger partial charge >= 0.3 is 6.18 Å². The molecule has 0 aliphatic heterocycles. The lowest BCUT2D eigenvalue weighted by atomic mass is 9.89. The number of hydrogen-bond acceptors (Lipinski definition) is 3. The zero-order chi connectivity index (χ0) is 23.7. The standard InChI is InChI=1S/C23H27F3N2O3S/c1-15(18-12-11-17-7-4-5-8-19(17)13-18)27-22(29)16(2)28(32(3,30)31)21-10-6-9-20(14-21)23(24,25)26/h6,9-16H,4-5,7-8H2,1-3H3,(H,27,29)/t15-,16+/m1/s1. The van der Waals surface area contributed by atoms with E-state index in [9.17, 15) is 26.4 Å². The average Bonchev–Trinajstić information content (AvgIpc) is 2.72. The fraction of sp³-hybridized carbons (Fsp3) is 0.435. The Morgan fingerprint density at radius 2 is 1.69 bits per heavy atom. The van der Waals surface area contributed by atoms with Crippen molar-refractivity contribution in [1.82, 2.24) is 5.32 Å². The molecular formula is C23H27F3N2O3S. The van der Waals surface area contributed by atoms with Gasteiger partial charge in [-0.05, 0) is 74.4 Å². The van der Waals surface area contributed by atoms with Crippen LogP contribution < -0.4 is 9.62 Å². The van der Waals surface area contributed by atoms with Crippen molar-refractivity contribution in [1.29, 1.82) is 0 Å². The van der Waals surface area contributed by atoms with E-state index in [1.807, 2.05) is 6.07 Å². The van der Waals surface area contributed by atoms with Crippen LogP contribution in [0, 0.1) is 0 Å². The molecule has 2 aromatic rings. The van der Waals surface area contributed by atoms with E-state index in [0.717, 1.165) is 60.0 Å². The number of aryl methyl sites for hydroxylation is 2. The number of carbonyl (C=O) groups is 1. The molecule has 3 rings (SSSR count). The molecule has 0 spiro atoms. The van der Waals surface area contributed by atoms with Crippen molar-refractivity contribution in [2.45, 2.75) is 57.8 Å². The Bertz CT molecular complexity index is 1100. The second-order valence-corrected chi connectivity index (χ2v) is 10.1. The highest BCUT2D eigenvalue weighted by atomic mass is 32.2. The first-order valence-electron chi connectivity index (χ1n) is 10.5. The Morgan fingerprint density at radius 1 is 1.03 bits per heavy atom. The lowest BCUT2D eigenvalue weighted by molar-refractivity contribution is -0.137. The van der Waals surface area contributed by atoms with Gasteiger partial charge in [0.15, 0.2) is 0 Å². The van der Waals surface area contributed by atoms with E-state index < -0.39 is 33.7 Å². The summed E-state index contributed by atoms with van der Waals surface area (Å²) < 4.78 is 64.9. The summed E-state index contributed by atoms with van der Waals surface area (Å²) in [7, 11) is -4.03. The molecule has 174 valence electrons. The largest absolute Gasteiger partial charge is 0.416 e. The van der Waals surface area contributed by atoms with Crippen molar-refractivity contribution in [2.24, 2.45) is 0 Å². The second kappa shape index (κ2) is 9.13. The molecule has 0 unspecified atom stereocenters. The van der Waals surface area contributed by atoms with Gasteiger partial charge in [0, 0.05) is 0 Å². The first kappa shape index (κ1) is 24.1. The van der Waals surface area contributed by atoms with Crippen LogP contribution in [0.5, 0.6) is 0 Å². The maximum absolute atomic E-state index is 13.1. The maximum atomic E-state index is 13.1. The summed E-state index contributed by atoms with van der Waals surface area (Å²) in [6, 6.07) is 8.38. The Hall–Kier alpha value is -2.55. The molecule has 0 aromatic heterocycles. The quantitative estimate of drug-likeness (QED) is 0.673. The van der Waals surface area contributed by atoms with E-state index >= 15 is 0 Å². The van der Waals surface area contributed by atoms with Crippen LogP contribution in [0.15, 0.2) is 42.5 Å². The molecule has 32 heavy (non-hydrogen) atoms.